The molecule has 8 heteroatoms. The van der Waals surface area contributed by atoms with E-state index in [4.69, 9.17) is 0 Å². The van der Waals surface area contributed by atoms with Gasteiger partial charge in [-0.3, -0.25) is 14.9 Å². The van der Waals surface area contributed by atoms with Gasteiger partial charge in [-0.15, -0.1) is 0 Å². The van der Waals surface area contributed by atoms with Crippen LogP contribution in [0.15, 0.2) is 12.1 Å². The van der Waals surface area contributed by atoms with E-state index in [0.29, 0.717) is 25.2 Å². The Morgan fingerprint density at radius 1 is 1.37 bits per heavy atom. The predicted octanol–water partition coefficient (Wildman–Crippen LogP) is 1.21. The summed E-state index contributed by atoms with van der Waals surface area (Å²) in [6.45, 7) is 3.14. The molecule has 0 radical (unpaired) electrons. The van der Waals surface area contributed by atoms with E-state index >= 15 is 0 Å². The molecule has 0 fully saturated rings. The Bertz CT molecular complexity index is 494. The Kier molecular flexibility index (Phi) is 5.31. The highest BCUT2D eigenvalue weighted by molar-refractivity contribution is 5.95. The van der Waals surface area contributed by atoms with Crippen LogP contribution in [0.1, 0.15) is 17.3 Å². The number of nitrogens with one attached hydrogen (secondary N) is 2. The van der Waals surface area contributed by atoms with Gasteiger partial charge in [-0.25, -0.2) is 4.39 Å². The van der Waals surface area contributed by atoms with Crippen LogP contribution in [0.2, 0.25) is 0 Å². The first kappa shape index (κ1) is 15.0. The van der Waals surface area contributed by atoms with Gasteiger partial charge in [-0.2, -0.15) is 4.39 Å². The monoisotopic (exact) mass is 273 g/mol. The standard InChI is InChI=1S/C11H13F2N3O3/c1-2-14-5-6-15-11(17)9-7(12)3-4-8(10(9)13)16(18)19/h3-4,14H,2,5-6H2,1H3,(H,15,17). The third-order valence-corrected chi connectivity index (χ3v) is 2.33. The highest BCUT2D eigenvalue weighted by Gasteiger charge is 2.25. The Morgan fingerprint density at radius 3 is 2.63 bits per heavy atom. The van der Waals surface area contributed by atoms with Crippen molar-refractivity contribution in [2.24, 2.45) is 0 Å². The molecule has 0 aliphatic carbocycles. The summed E-state index contributed by atoms with van der Waals surface area (Å²) in [5.41, 5.74) is -1.87. The molecule has 1 aromatic rings. The predicted molar refractivity (Wildman–Crippen MR) is 63.9 cm³/mol. The number of hydrogen-bond donors (Lipinski definition) is 2. The zero-order valence-corrected chi connectivity index (χ0v) is 10.2. The van der Waals surface area contributed by atoms with Crippen LogP contribution in [-0.2, 0) is 0 Å². The van der Waals surface area contributed by atoms with E-state index in [1.165, 1.54) is 0 Å². The molecule has 0 spiro atoms. The molecular weight excluding hydrogens is 260 g/mol. The number of nitro benzene ring substituents is 1. The van der Waals surface area contributed by atoms with Crippen LogP contribution in [0, 0.1) is 21.7 Å². The van der Waals surface area contributed by atoms with Gasteiger partial charge in [0.2, 0.25) is 5.82 Å². The molecule has 104 valence electrons. The molecule has 0 saturated carbocycles. The summed E-state index contributed by atoms with van der Waals surface area (Å²) in [7, 11) is 0. The normalized spacial score (nSPS) is 10.3. The van der Waals surface area contributed by atoms with E-state index in [2.05, 4.69) is 10.6 Å². The van der Waals surface area contributed by atoms with Crippen molar-refractivity contribution in [1.82, 2.24) is 10.6 Å². The minimum Gasteiger partial charge on any atom is -0.351 e. The van der Waals surface area contributed by atoms with Crippen molar-refractivity contribution in [2.45, 2.75) is 6.92 Å². The summed E-state index contributed by atoms with van der Waals surface area (Å²) in [6.07, 6.45) is 0. The quantitative estimate of drug-likeness (QED) is 0.463. The van der Waals surface area contributed by atoms with Gasteiger partial charge < -0.3 is 10.6 Å². The van der Waals surface area contributed by atoms with Gasteiger partial charge in [0.25, 0.3) is 5.91 Å². The van der Waals surface area contributed by atoms with Gasteiger partial charge in [0.15, 0.2) is 0 Å². The number of halogens is 2. The van der Waals surface area contributed by atoms with E-state index in [9.17, 15) is 23.7 Å². The maximum absolute atomic E-state index is 13.7. The lowest BCUT2D eigenvalue weighted by Gasteiger charge is -2.07. The summed E-state index contributed by atoms with van der Waals surface area (Å²) < 4.78 is 27.0. The van der Waals surface area contributed by atoms with Gasteiger partial charge >= 0.3 is 5.69 Å². The van der Waals surface area contributed by atoms with Gasteiger partial charge in [-0.1, -0.05) is 6.92 Å². The van der Waals surface area contributed by atoms with Crippen molar-refractivity contribution >= 4 is 11.6 Å². The van der Waals surface area contributed by atoms with Gasteiger partial charge in [0, 0.05) is 19.2 Å². The van der Waals surface area contributed by atoms with E-state index < -0.39 is 33.7 Å². The number of carbonyl (C=O) groups is 1. The largest absolute Gasteiger partial charge is 0.351 e. The summed E-state index contributed by atoms with van der Waals surface area (Å²) in [6, 6.07) is 1.38. The average molecular weight is 273 g/mol. The highest BCUT2D eigenvalue weighted by Crippen LogP contribution is 2.22. The van der Waals surface area contributed by atoms with Crippen LogP contribution in [0.3, 0.4) is 0 Å². The minimum atomic E-state index is -1.47. The first-order valence-electron chi connectivity index (χ1n) is 5.60. The zero-order chi connectivity index (χ0) is 14.4. The van der Waals surface area contributed by atoms with Crippen molar-refractivity contribution in [3.8, 4) is 0 Å². The summed E-state index contributed by atoms with van der Waals surface area (Å²) in [5.74, 6) is -3.62. The van der Waals surface area contributed by atoms with E-state index in [-0.39, 0.29) is 6.54 Å². The summed E-state index contributed by atoms with van der Waals surface area (Å²) in [4.78, 5) is 21.1. The molecule has 2 N–H and O–H groups in total. The fourth-order valence-corrected chi connectivity index (χ4v) is 1.42. The SMILES string of the molecule is CCNCCNC(=O)c1c(F)ccc([N+](=O)[O-])c1F. The third-order valence-electron chi connectivity index (χ3n) is 2.33. The lowest BCUT2D eigenvalue weighted by Crippen LogP contribution is -2.32. The zero-order valence-electron chi connectivity index (χ0n) is 10.2. The molecule has 0 heterocycles. The number of likely N-dealkylation sites (N-methyl/N-ethyl adjacent to an activating group) is 1. The van der Waals surface area contributed by atoms with Crippen molar-refractivity contribution < 1.29 is 18.5 Å². The molecule has 0 atom stereocenters. The molecule has 0 aliphatic heterocycles. The fourth-order valence-electron chi connectivity index (χ4n) is 1.42. The smallest absolute Gasteiger partial charge is 0.305 e. The van der Waals surface area contributed by atoms with E-state index in [1.807, 2.05) is 6.92 Å². The molecule has 1 aromatic carbocycles. The Balaban J connectivity index is 2.90. The Hall–Kier alpha value is -2.09. The number of rotatable bonds is 6. The topological polar surface area (TPSA) is 84.3 Å². The Morgan fingerprint density at radius 2 is 2.05 bits per heavy atom. The van der Waals surface area contributed by atoms with Gasteiger partial charge in [0.05, 0.1) is 4.92 Å². The number of nitro groups is 1. The third kappa shape index (κ3) is 3.68. The molecule has 19 heavy (non-hydrogen) atoms. The molecule has 0 aromatic heterocycles. The first-order chi connectivity index (χ1) is 8.99. The first-order valence-corrected chi connectivity index (χ1v) is 5.60. The van der Waals surface area contributed by atoms with Crippen LogP contribution >= 0.6 is 0 Å². The second kappa shape index (κ2) is 6.74. The van der Waals surface area contributed by atoms with Crippen LogP contribution < -0.4 is 10.6 Å². The van der Waals surface area contributed by atoms with Crippen molar-refractivity contribution in [3.63, 3.8) is 0 Å². The molecule has 0 unspecified atom stereocenters. The minimum absolute atomic E-state index is 0.161. The molecule has 0 aliphatic rings. The average Bonchev–Trinajstić information content (AvgIpc) is 2.34. The van der Waals surface area contributed by atoms with Gasteiger partial charge in [-0.05, 0) is 12.6 Å². The second-order valence-corrected chi connectivity index (χ2v) is 3.62. The number of carbonyl (C=O) groups excluding carboxylic acids is 1. The molecule has 1 amide bonds. The second-order valence-electron chi connectivity index (χ2n) is 3.62. The van der Waals surface area contributed by atoms with Crippen molar-refractivity contribution in [1.29, 1.82) is 0 Å². The molecule has 1 rings (SSSR count). The van der Waals surface area contributed by atoms with Crippen LogP contribution in [0.5, 0.6) is 0 Å². The number of nitrogens with zero attached hydrogens (tertiary/aromatic N) is 1. The number of benzene rings is 1. The molecule has 0 bridgehead atoms. The highest BCUT2D eigenvalue weighted by atomic mass is 19.1. The summed E-state index contributed by atoms with van der Waals surface area (Å²) >= 11 is 0. The molecule has 6 nitrogen and oxygen atoms in total. The van der Waals surface area contributed by atoms with E-state index in [0.717, 1.165) is 0 Å². The lowest BCUT2D eigenvalue weighted by atomic mass is 10.1. The molecule has 0 saturated heterocycles. The lowest BCUT2D eigenvalue weighted by molar-refractivity contribution is -0.387. The molecular formula is C11H13F2N3O3. The number of hydrogen-bond acceptors (Lipinski definition) is 4. The van der Waals surface area contributed by atoms with Crippen molar-refractivity contribution in [2.75, 3.05) is 19.6 Å². The van der Waals surface area contributed by atoms with E-state index in [1.54, 1.807) is 0 Å². The fraction of sp³-hybridized carbons (Fsp3) is 0.364. The maximum atomic E-state index is 13.7. The van der Waals surface area contributed by atoms with Crippen LogP contribution in [0.4, 0.5) is 14.5 Å². The van der Waals surface area contributed by atoms with Crippen molar-refractivity contribution in [3.05, 3.63) is 39.4 Å². The summed E-state index contributed by atoms with van der Waals surface area (Å²) in [5, 5.41) is 15.7. The Labute approximate surface area is 108 Å². The van der Waals surface area contributed by atoms with Crippen LogP contribution in [-0.4, -0.2) is 30.5 Å². The van der Waals surface area contributed by atoms with Gasteiger partial charge in [0.1, 0.15) is 11.4 Å². The maximum Gasteiger partial charge on any atom is 0.305 e. The van der Waals surface area contributed by atoms with Crippen LogP contribution in [0.25, 0.3) is 0 Å². The number of amides is 1.